The standard InChI is InChI=1S/C9H22N2O/c1-8(2)9(7-12-3)11-6-4-5-10/h8-9,11H,4-7,10H2,1-3H3. The van der Waals surface area contributed by atoms with Crippen molar-refractivity contribution in [3.63, 3.8) is 0 Å². The maximum Gasteiger partial charge on any atom is 0.0618 e. The van der Waals surface area contributed by atoms with E-state index in [-0.39, 0.29) is 0 Å². The van der Waals surface area contributed by atoms with Gasteiger partial charge < -0.3 is 15.8 Å². The van der Waals surface area contributed by atoms with E-state index in [0.29, 0.717) is 12.0 Å². The molecular formula is C9H22N2O. The number of ether oxygens (including phenoxy) is 1. The molecule has 0 aliphatic carbocycles. The van der Waals surface area contributed by atoms with Crippen molar-refractivity contribution >= 4 is 0 Å². The highest BCUT2D eigenvalue weighted by molar-refractivity contribution is 4.69. The molecular weight excluding hydrogens is 152 g/mol. The molecule has 0 aliphatic rings. The van der Waals surface area contributed by atoms with Crippen molar-refractivity contribution in [1.29, 1.82) is 0 Å². The molecule has 12 heavy (non-hydrogen) atoms. The summed E-state index contributed by atoms with van der Waals surface area (Å²) in [4.78, 5) is 0. The zero-order chi connectivity index (χ0) is 9.40. The largest absolute Gasteiger partial charge is 0.383 e. The molecule has 3 nitrogen and oxygen atoms in total. The maximum absolute atomic E-state index is 5.39. The highest BCUT2D eigenvalue weighted by Crippen LogP contribution is 2.01. The van der Waals surface area contributed by atoms with E-state index in [9.17, 15) is 0 Å². The van der Waals surface area contributed by atoms with Crippen molar-refractivity contribution < 1.29 is 4.74 Å². The quantitative estimate of drug-likeness (QED) is 0.555. The summed E-state index contributed by atoms with van der Waals surface area (Å²) >= 11 is 0. The summed E-state index contributed by atoms with van der Waals surface area (Å²) < 4.78 is 5.10. The third kappa shape index (κ3) is 5.52. The highest BCUT2D eigenvalue weighted by atomic mass is 16.5. The van der Waals surface area contributed by atoms with Crippen LogP contribution in [-0.2, 0) is 4.74 Å². The van der Waals surface area contributed by atoms with E-state index in [0.717, 1.165) is 26.1 Å². The average Bonchev–Trinajstić information content (AvgIpc) is 2.03. The molecule has 0 bridgehead atoms. The van der Waals surface area contributed by atoms with Gasteiger partial charge in [-0.15, -0.1) is 0 Å². The van der Waals surface area contributed by atoms with Crippen molar-refractivity contribution in [2.24, 2.45) is 11.7 Å². The van der Waals surface area contributed by atoms with Gasteiger partial charge in [-0.1, -0.05) is 13.8 Å². The summed E-state index contributed by atoms with van der Waals surface area (Å²) in [6, 6.07) is 0.460. The fraction of sp³-hybridized carbons (Fsp3) is 1.00. The minimum atomic E-state index is 0.460. The van der Waals surface area contributed by atoms with E-state index in [1.54, 1.807) is 7.11 Å². The van der Waals surface area contributed by atoms with Crippen molar-refractivity contribution in [1.82, 2.24) is 5.32 Å². The molecule has 0 saturated heterocycles. The van der Waals surface area contributed by atoms with Crippen LogP contribution in [0.1, 0.15) is 20.3 Å². The molecule has 0 fully saturated rings. The van der Waals surface area contributed by atoms with Gasteiger partial charge in [0.05, 0.1) is 6.61 Å². The van der Waals surface area contributed by atoms with Gasteiger partial charge in [0.15, 0.2) is 0 Å². The van der Waals surface area contributed by atoms with E-state index in [1.165, 1.54) is 0 Å². The van der Waals surface area contributed by atoms with Crippen molar-refractivity contribution in [2.45, 2.75) is 26.3 Å². The Morgan fingerprint density at radius 2 is 2.08 bits per heavy atom. The Morgan fingerprint density at radius 3 is 2.50 bits per heavy atom. The Bertz CT molecular complexity index is 96.5. The van der Waals surface area contributed by atoms with E-state index < -0.39 is 0 Å². The molecule has 3 heteroatoms. The van der Waals surface area contributed by atoms with Crippen LogP contribution in [0.4, 0.5) is 0 Å². The third-order valence-corrected chi connectivity index (χ3v) is 1.94. The first-order chi connectivity index (χ1) is 5.72. The van der Waals surface area contributed by atoms with Crippen LogP contribution in [0.2, 0.25) is 0 Å². The predicted octanol–water partition coefficient (Wildman–Crippen LogP) is 0.596. The van der Waals surface area contributed by atoms with Crippen molar-refractivity contribution in [3.05, 3.63) is 0 Å². The molecule has 0 radical (unpaired) electrons. The number of rotatable bonds is 7. The lowest BCUT2D eigenvalue weighted by Gasteiger charge is -2.21. The van der Waals surface area contributed by atoms with E-state index >= 15 is 0 Å². The molecule has 0 saturated carbocycles. The molecule has 0 rings (SSSR count). The topological polar surface area (TPSA) is 47.3 Å². The zero-order valence-electron chi connectivity index (χ0n) is 8.47. The van der Waals surface area contributed by atoms with E-state index in [1.807, 2.05) is 0 Å². The maximum atomic E-state index is 5.39. The van der Waals surface area contributed by atoms with Crippen LogP contribution in [0.5, 0.6) is 0 Å². The van der Waals surface area contributed by atoms with E-state index in [2.05, 4.69) is 19.2 Å². The van der Waals surface area contributed by atoms with Gasteiger partial charge in [0.1, 0.15) is 0 Å². The minimum absolute atomic E-state index is 0.460. The van der Waals surface area contributed by atoms with Crippen LogP contribution in [0.15, 0.2) is 0 Å². The SMILES string of the molecule is COCC(NCCCN)C(C)C. The summed E-state index contributed by atoms with van der Waals surface area (Å²) in [5.74, 6) is 0.614. The second-order valence-corrected chi connectivity index (χ2v) is 3.40. The zero-order valence-corrected chi connectivity index (χ0v) is 8.47. The van der Waals surface area contributed by atoms with Gasteiger partial charge in [-0.3, -0.25) is 0 Å². The predicted molar refractivity (Wildman–Crippen MR) is 52.2 cm³/mol. The van der Waals surface area contributed by atoms with Crippen molar-refractivity contribution in [3.8, 4) is 0 Å². The molecule has 1 unspecified atom stereocenters. The van der Waals surface area contributed by atoms with Gasteiger partial charge >= 0.3 is 0 Å². The lowest BCUT2D eigenvalue weighted by atomic mass is 10.1. The first-order valence-corrected chi connectivity index (χ1v) is 4.64. The molecule has 0 heterocycles. The van der Waals surface area contributed by atoms with Crippen LogP contribution in [0, 0.1) is 5.92 Å². The molecule has 0 aliphatic heterocycles. The minimum Gasteiger partial charge on any atom is -0.383 e. The lowest BCUT2D eigenvalue weighted by molar-refractivity contribution is 0.147. The Kier molecular flexibility index (Phi) is 7.45. The summed E-state index contributed by atoms with van der Waals surface area (Å²) in [5.41, 5.74) is 5.39. The fourth-order valence-electron chi connectivity index (χ4n) is 1.06. The first kappa shape index (κ1) is 11.9. The van der Waals surface area contributed by atoms with Crippen LogP contribution < -0.4 is 11.1 Å². The van der Waals surface area contributed by atoms with Gasteiger partial charge in [-0.25, -0.2) is 0 Å². The molecule has 0 spiro atoms. The summed E-state index contributed by atoms with van der Waals surface area (Å²) in [5, 5.41) is 3.42. The summed E-state index contributed by atoms with van der Waals surface area (Å²) in [6.45, 7) is 6.91. The second kappa shape index (κ2) is 7.53. The Labute approximate surface area is 75.7 Å². The molecule has 1 atom stereocenters. The molecule has 0 amide bonds. The second-order valence-electron chi connectivity index (χ2n) is 3.40. The smallest absolute Gasteiger partial charge is 0.0618 e. The first-order valence-electron chi connectivity index (χ1n) is 4.64. The Balaban J connectivity index is 3.49. The van der Waals surface area contributed by atoms with Gasteiger partial charge in [-0.05, 0) is 25.4 Å². The molecule has 0 aromatic rings. The summed E-state index contributed by atoms with van der Waals surface area (Å²) in [7, 11) is 1.74. The number of methoxy groups -OCH3 is 1. The average molecular weight is 174 g/mol. The molecule has 0 aromatic carbocycles. The van der Waals surface area contributed by atoms with Crippen LogP contribution in [-0.4, -0.2) is 32.8 Å². The summed E-state index contributed by atoms with van der Waals surface area (Å²) in [6.07, 6.45) is 1.03. The van der Waals surface area contributed by atoms with Crippen LogP contribution >= 0.6 is 0 Å². The fourth-order valence-corrected chi connectivity index (χ4v) is 1.06. The molecule has 0 aromatic heterocycles. The third-order valence-electron chi connectivity index (χ3n) is 1.94. The Hall–Kier alpha value is -0.120. The van der Waals surface area contributed by atoms with Crippen LogP contribution in [0.25, 0.3) is 0 Å². The number of hydrogen-bond acceptors (Lipinski definition) is 3. The van der Waals surface area contributed by atoms with Gasteiger partial charge in [0.2, 0.25) is 0 Å². The number of nitrogens with one attached hydrogen (secondary N) is 1. The van der Waals surface area contributed by atoms with Gasteiger partial charge in [0, 0.05) is 13.2 Å². The molecule has 74 valence electrons. The highest BCUT2D eigenvalue weighted by Gasteiger charge is 2.10. The number of nitrogens with two attached hydrogens (primary N) is 1. The van der Waals surface area contributed by atoms with Gasteiger partial charge in [-0.2, -0.15) is 0 Å². The van der Waals surface area contributed by atoms with Crippen LogP contribution in [0.3, 0.4) is 0 Å². The normalized spacial score (nSPS) is 13.8. The van der Waals surface area contributed by atoms with E-state index in [4.69, 9.17) is 10.5 Å². The lowest BCUT2D eigenvalue weighted by Crippen LogP contribution is -2.38. The Morgan fingerprint density at radius 1 is 1.42 bits per heavy atom. The molecule has 3 N–H and O–H groups in total. The number of hydrogen-bond donors (Lipinski definition) is 2. The monoisotopic (exact) mass is 174 g/mol. The van der Waals surface area contributed by atoms with Crippen molar-refractivity contribution in [2.75, 3.05) is 26.8 Å². The van der Waals surface area contributed by atoms with Gasteiger partial charge in [0.25, 0.3) is 0 Å².